The van der Waals surface area contributed by atoms with Crippen molar-refractivity contribution in [1.29, 1.82) is 0 Å². The number of hydrogen-bond acceptors (Lipinski definition) is 4. The van der Waals surface area contributed by atoms with Crippen LogP contribution < -0.4 is 5.56 Å². The fourth-order valence-electron chi connectivity index (χ4n) is 3.67. The maximum absolute atomic E-state index is 12.4. The lowest BCUT2D eigenvalue weighted by Crippen LogP contribution is -2.41. The molecule has 1 saturated heterocycles. The molecule has 0 bridgehead atoms. The number of nitrogens with zero attached hydrogens (tertiary/aromatic N) is 2. The molecule has 22 heavy (non-hydrogen) atoms. The molecule has 0 radical (unpaired) electrons. The van der Waals surface area contributed by atoms with Crippen LogP contribution in [0.2, 0.25) is 0 Å². The molecule has 2 aromatic rings. The Hall–Kier alpha value is -1.20. The number of aromatic nitrogens is 2. The quantitative estimate of drug-likeness (QED) is 0.919. The maximum atomic E-state index is 12.4. The predicted octanol–water partition coefficient (Wildman–Crippen LogP) is 3.64. The van der Waals surface area contributed by atoms with Gasteiger partial charge in [0.05, 0.1) is 11.4 Å². The largest absolute Gasteiger partial charge is 0.309 e. The lowest BCUT2D eigenvalue weighted by molar-refractivity contribution is 0.0992. The number of aryl methyl sites for hydroxylation is 2. The van der Waals surface area contributed by atoms with E-state index in [4.69, 9.17) is 4.98 Å². The van der Waals surface area contributed by atoms with Crippen molar-refractivity contribution in [2.75, 3.05) is 13.1 Å². The molecular weight excluding hydrogens is 294 g/mol. The zero-order chi connectivity index (χ0) is 16.0. The van der Waals surface area contributed by atoms with Crippen LogP contribution in [0.1, 0.15) is 49.5 Å². The highest BCUT2D eigenvalue weighted by atomic mass is 32.1. The van der Waals surface area contributed by atoms with Crippen molar-refractivity contribution >= 4 is 21.6 Å². The van der Waals surface area contributed by atoms with Crippen molar-refractivity contribution in [2.24, 2.45) is 11.8 Å². The minimum atomic E-state index is 0.00630. The van der Waals surface area contributed by atoms with Gasteiger partial charge >= 0.3 is 0 Å². The van der Waals surface area contributed by atoms with Crippen LogP contribution in [0.4, 0.5) is 0 Å². The summed E-state index contributed by atoms with van der Waals surface area (Å²) >= 11 is 1.62. The normalized spacial score (nSPS) is 24.8. The first kappa shape index (κ1) is 15.7. The van der Waals surface area contributed by atoms with Gasteiger partial charge in [0.15, 0.2) is 0 Å². The van der Waals surface area contributed by atoms with E-state index in [1.807, 2.05) is 6.92 Å². The topological polar surface area (TPSA) is 49.0 Å². The third kappa shape index (κ3) is 2.72. The van der Waals surface area contributed by atoms with Crippen molar-refractivity contribution in [1.82, 2.24) is 14.9 Å². The summed E-state index contributed by atoms with van der Waals surface area (Å²) in [6.45, 7) is 13.0. The van der Waals surface area contributed by atoms with Gasteiger partial charge in [-0.05, 0) is 44.6 Å². The van der Waals surface area contributed by atoms with Crippen molar-refractivity contribution in [3.63, 3.8) is 0 Å². The number of fused-ring (bicyclic) bond motifs is 1. The number of aromatic amines is 1. The number of H-pyrrole nitrogens is 1. The SMILES string of the molecule is Cc1sc2nc([C@H](C)N3C[C@H](C)C[C@@H](C)C3)[nH]c(=O)c2c1C. The van der Waals surface area contributed by atoms with E-state index >= 15 is 0 Å². The minimum Gasteiger partial charge on any atom is -0.309 e. The van der Waals surface area contributed by atoms with Gasteiger partial charge in [-0.3, -0.25) is 9.69 Å². The Morgan fingerprint density at radius 3 is 2.55 bits per heavy atom. The van der Waals surface area contributed by atoms with Crippen molar-refractivity contribution in [3.8, 4) is 0 Å². The highest BCUT2D eigenvalue weighted by Crippen LogP contribution is 2.30. The molecule has 0 saturated carbocycles. The van der Waals surface area contributed by atoms with Crippen molar-refractivity contribution in [2.45, 2.75) is 47.1 Å². The third-order valence-electron chi connectivity index (χ3n) is 4.90. The molecule has 1 fully saturated rings. The highest BCUT2D eigenvalue weighted by Gasteiger charge is 2.27. The molecular formula is C17H25N3OS. The number of piperidine rings is 1. The van der Waals surface area contributed by atoms with Gasteiger partial charge in [0.2, 0.25) is 0 Å². The zero-order valence-corrected chi connectivity index (χ0v) is 14.9. The second-order valence-corrected chi connectivity index (χ2v) is 8.19. The maximum Gasteiger partial charge on any atom is 0.259 e. The zero-order valence-electron chi connectivity index (χ0n) is 14.1. The molecule has 3 rings (SSSR count). The molecule has 5 heteroatoms. The Balaban J connectivity index is 1.97. The van der Waals surface area contributed by atoms with E-state index in [0.717, 1.165) is 34.7 Å². The summed E-state index contributed by atoms with van der Waals surface area (Å²) in [5.74, 6) is 2.21. The molecule has 0 amide bonds. The first-order valence-corrected chi connectivity index (χ1v) is 8.92. The van der Waals surface area contributed by atoms with Gasteiger partial charge in [0, 0.05) is 18.0 Å². The summed E-state index contributed by atoms with van der Waals surface area (Å²) in [6.07, 6.45) is 1.29. The molecule has 4 nitrogen and oxygen atoms in total. The van der Waals surface area contributed by atoms with Gasteiger partial charge in [-0.2, -0.15) is 0 Å². The molecule has 3 atom stereocenters. The summed E-state index contributed by atoms with van der Waals surface area (Å²) in [7, 11) is 0. The molecule has 0 aliphatic carbocycles. The second-order valence-electron chi connectivity index (χ2n) is 6.99. The van der Waals surface area contributed by atoms with E-state index in [9.17, 15) is 4.79 Å². The summed E-state index contributed by atoms with van der Waals surface area (Å²) in [5.41, 5.74) is 1.07. The van der Waals surface area contributed by atoms with E-state index in [1.165, 1.54) is 11.3 Å². The number of thiophene rings is 1. The predicted molar refractivity (Wildman–Crippen MR) is 92.6 cm³/mol. The molecule has 3 heterocycles. The van der Waals surface area contributed by atoms with Crippen LogP contribution in [0.25, 0.3) is 10.2 Å². The van der Waals surface area contributed by atoms with Crippen LogP contribution in [0.3, 0.4) is 0 Å². The molecule has 0 unspecified atom stereocenters. The smallest absolute Gasteiger partial charge is 0.259 e. The molecule has 1 aliphatic rings. The van der Waals surface area contributed by atoms with E-state index in [2.05, 4.69) is 37.6 Å². The van der Waals surface area contributed by atoms with Gasteiger partial charge in [-0.1, -0.05) is 13.8 Å². The number of nitrogens with one attached hydrogen (secondary N) is 1. The van der Waals surface area contributed by atoms with Gasteiger partial charge in [0.1, 0.15) is 10.7 Å². The Morgan fingerprint density at radius 2 is 1.91 bits per heavy atom. The molecule has 1 aliphatic heterocycles. The Bertz CT molecular complexity index is 738. The van der Waals surface area contributed by atoms with E-state index in [-0.39, 0.29) is 11.6 Å². The van der Waals surface area contributed by atoms with Gasteiger partial charge in [-0.15, -0.1) is 11.3 Å². The second kappa shape index (κ2) is 5.78. The average molecular weight is 319 g/mol. The molecule has 1 N–H and O–H groups in total. The van der Waals surface area contributed by atoms with Crippen LogP contribution in [-0.2, 0) is 0 Å². The van der Waals surface area contributed by atoms with Gasteiger partial charge in [-0.25, -0.2) is 4.98 Å². The molecule has 2 aromatic heterocycles. The highest BCUT2D eigenvalue weighted by molar-refractivity contribution is 7.18. The minimum absolute atomic E-state index is 0.00630. The van der Waals surface area contributed by atoms with Gasteiger partial charge in [0.25, 0.3) is 5.56 Å². The van der Waals surface area contributed by atoms with E-state index in [0.29, 0.717) is 11.8 Å². The Labute approximate surface area is 135 Å². The lowest BCUT2D eigenvalue weighted by atomic mass is 9.91. The fraction of sp³-hybridized carbons (Fsp3) is 0.647. The summed E-state index contributed by atoms with van der Waals surface area (Å²) in [5, 5.41) is 0.763. The third-order valence-corrected chi connectivity index (χ3v) is 6.00. The average Bonchev–Trinajstić information content (AvgIpc) is 2.72. The standard InChI is InChI=1S/C17H25N3OS/c1-9-6-10(2)8-20(7-9)12(4)15-18-16(21)14-11(3)13(5)22-17(14)19-15/h9-10,12H,6-8H2,1-5H3,(H,18,19,21)/t9-,10-,12+/m1/s1. The first-order chi connectivity index (χ1) is 10.4. The Morgan fingerprint density at radius 1 is 1.27 bits per heavy atom. The van der Waals surface area contributed by atoms with Crippen LogP contribution in [0.15, 0.2) is 4.79 Å². The fourth-order valence-corrected chi connectivity index (χ4v) is 4.71. The van der Waals surface area contributed by atoms with Gasteiger partial charge < -0.3 is 4.98 Å². The number of hydrogen-bond donors (Lipinski definition) is 1. The molecule has 120 valence electrons. The van der Waals surface area contributed by atoms with Crippen LogP contribution in [0.5, 0.6) is 0 Å². The van der Waals surface area contributed by atoms with Crippen molar-refractivity contribution in [3.05, 3.63) is 26.6 Å². The Kier molecular flexibility index (Phi) is 4.12. The van der Waals surface area contributed by atoms with Crippen LogP contribution in [0, 0.1) is 25.7 Å². The summed E-state index contributed by atoms with van der Waals surface area (Å²) < 4.78 is 0. The monoisotopic (exact) mass is 319 g/mol. The summed E-state index contributed by atoms with van der Waals surface area (Å²) in [4.78, 5) is 24.7. The summed E-state index contributed by atoms with van der Waals surface area (Å²) in [6, 6.07) is 0.157. The first-order valence-electron chi connectivity index (χ1n) is 8.10. The van der Waals surface area contributed by atoms with E-state index in [1.54, 1.807) is 11.3 Å². The van der Waals surface area contributed by atoms with Crippen LogP contribution >= 0.6 is 11.3 Å². The molecule has 0 aromatic carbocycles. The number of likely N-dealkylation sites (tertiary alicyclic amines) is 1. The van der Waals surface area contributed by atoms with E-state index < -0.39 is 0 Å². The number of rotatable bonds is 2. The van der Waals surface area contributed by atoms with Crippen molar-refractivity contribution < 1.29 is 0 Å². The molecule has 0 spiro atoms. The lowest BCUT2D eigenvalue weighted by Gasteiger charge is -2.38. The van der Waals surface area contributed by atoms with Crippen LogP contribution in [-0.4, -0.2) is 28.0 Å².